The summed E-state index contributed by atoms with van der Waals surface area (Å²) >= 11 is 0. The van der Waals surface area contributed by atoms with Gasteiger partial charge in [0.15, 0.2) is 0 Å². The number of hydrogen-bond donors (Lipinski definition) is 1. The molecule has 2 aliphatic heterocycles. The average Bonchev–Trinajstić information content (AvgIpc) is 2.89. The summed E-state index contributed by atoms with van der Waals surface area (Å²) in [5, 5.41) is 9.46. The summed E-state index contributed by atoms with van der Waals surface area (Å²) in [7, 11) is -3.70. The molecular weight excluding hydrogens is 577 g/mol. The Morgan fingerprint density at radius 2 is 1.75 bits per heavy atom. The van der Waals surface area contributed by atoms with Gasteiger partial charge in [-0.2, -0.15) is 30.6 Å². The third-order valence-electron chi connectivity index (χ3n) is 6.84. The number of carboxylic acids is 1. The van der Waals surface area contributed by atoms with Gasteiger partial charge in [-0.05, 0) is 36.8 Å². The van der Waals surface area contributed by atoms with Gasteiger partial charge in [0.2, 0.25) is 10.0 Å². The number of fused-ring (bicyclic) bond motifs is 1. The van der Waals surface area contributed by atoms with Gasteiger partial charge >= 0.3 is 18.3 Å². The number of ether oxygens (including phenoxy) is 2. The highest BCUT2D eigenvalue weighted by Crippen LogP contribution is 2.46. The normalized spacial score (nSPS) is 20.8. The van der Waals surface area contributed by atoms with Gasteiger partial charge in [0.1, 0.15) is 28.5 Å². The van der Waals surface area contributed by atoms with Gasteiger partial charge < -0.3 is 19.5 Å². The van der Waals surface area contributed by atoms with E-state index in [4.69, 9.17) is 9.47 Å². The minimum Gasteiger partial charge on any atom is -0.492 e. The first kappa shape index (κ1) is 29.9. The Bertz CT molecular complexity index is 1380. The Kier molecular flexibility index (Phi) is 7.75. The number of anilines is 2. The number of carbonyl (C=O) groups is 1. The second-order valence-electron chi connectivity index (χ2n) is 9.60. The zero-order chi connectivity index (χ0) is 29.7. The van der Waals surface area contributed by atoms with Crippen molar-refractivity contribution >= 4 is 27.4 Å². The molecule has 0 radical (unpaired) electrons. The van der Waals surface area contributed by atoms with Gasteiger partial charge in [-0.3, -0.25) is 4.79 Å². The molecule has 2 aromatic carbocycles. The van der Waals surface area contributed by atoms with Crippen molar-refractivity contribution < 1.29 is 58.5 Å². The molecule has 0 amide bonds. The van der Waals surface area contributed by atoms with Crippen molar-refractivity contribution in [3.05, 3.63) is 47.8 Å². The lowest BCUT2D eigenvalue weighted by molar-refractivity contribution is -0.185. The summed E-state index contributed by atoms with van der Waals surface area (Å²) in [5.74, 6) is -3.07. The summed E-state index contributed by atoms with van der Waals surface area (Å²) in [6.45, 7) is -1.93. The zero-order valence-electron chi connectivity index (χ0n) is 20.7. The van der Waals surface area contributed by atoms with E-state index < -0.39 is 93.5 Å². The number of halogens is 7. The molecule has 1 atom stereocenters. The van der Waals surface area contributed by atoms with Crippen LogP contribution >= 0.6 is 0 Å². The number of sulfonamides is 1. The van der Waals surface area contributed by atoms with E-state index in [0.29, 0.717) is 16.4 Å². The molecule has 4 rings (SSSR count). The van der Waals surface area contributed by atoms with Crippen molar-refractivity contribution in [2.24, 2.45) is 5.41 Å². The maximum absolute atomic E-state index is 14.2. The van der Waals surface area contributed by atoms with Crippen molar-refractivity contribution in [1.82, 2.24) is 4.31 Å². The maximum Gasteiger partial charge on any atom is 0.420 e. The van der Waals surface area contributed by atoms with Crippen LogP contribution in [-0.2, 0) is 25.7 Å². The standard InChI is InChI=1S/C24H23F7N2O6S/c1-32-16(6-7-23(26,27)28)10-33(15-4-2-14(25)3-5-15)18-8-17(24(29,30)31)19(9-20(18)40(32,36)37)39-13-22(21(34)35)11-38-12-22/h2-5,8-9,16H,6-7,10-13H2,1H3,(H,34,35)/t16-/m0/s1. The number of alkyl halides is 6. The summed E-state index contributed by atoms with van der Waals surface area (Å²) in [4.78, 5) is 12.0. The molecular formula is C24H23F7N2O6S. The van der Waals surface area contributed by atoms with E-state index in [2.05, 4.69) is 0 Å². The van der Waals surface area contributed by atoms with E-state index in [-0.39, 0.29) is 18.9 Å². The van der Waals surface area contributed by atoms with E-state index in [1.807, 2.05) is 0 Å². The van der Waals surface area contributed by atoms with E-state index in [1.165, 1.54) is 0 Å². The number of aliphatic carboxylic acids is 1. The molecule has 0 aromatic heterocycles. The smallest absolute Gasteiger partial charge is 0.420 e. The second kappa shape index (κ2) is 10.4. The van der Waals surface area contributed by atoms with Crippen molar-refractivity contribution in [2.75, 3.05) is 38.3 Å². The van der Waals surface area contributed by atoms with Crippen LogP contribution in [-0.4, -0.2) is 69.4 Å². The van der Waals surface area contributed by atoms with Gasteiger partial charge in [0.25, 0.3) is 0 Å². The Morgan fingerprint density at radius 1 is 1.12 bits per heavy atom. The first-order valence-electron chi connectivity index (χ1n) is 11.7. The number of nitrogens with zero attached hydrogens (tertiary/aromatic N) is 2. The lowest BCUT2D eigenvalue weighted by Crippen LogP contribution is -2.53. The van der Waals surface area contributed by atoms with Crippen LogP contribution in [0.4, 0.5) is 42.1 Å². The molecule has 1 saturated heterocycles. The molecule has 0 saturated carbocycles. The molecule has 0 spiro atoms. The summed E-state index contributed by atoms with van der Waals surface area (Å²) in [6, 6.07) is 3.97. The summed E-state index contributed by atoms with van der Waals surface area (Å²) in [5.41, 5.74) is -3.57. The molecule has 1 N–H and O–H groups in total. The predicted octanol–water partition coefficient (Wildman–Crippen LogP) is 4.81. The molecule has 0 bridgehead atoms. The molecule has 40 heavy (non-hydrogen) atoms. The third kappa shape index (κ3) is 5.83. The van der Waals surface area contributed by atoms with Gasteiger partial charge in [0, 0.05) is 37.8 Å². The largest absolute Gasteiger partial charge is 0.492 e. The van der Waals surface area contributed by atoms with Crippen LogP contribution in [0.1, 0.15) is 18.4 Å². The van der Waals surface area contributed by atoms with E-state index in [1.54, 1.807) is 0 Å². The van der Waals surface area contributed by atoms with Crippen molar-refractivity contribution in [3.63, 3.8) is 0 Å². The number of hydrogen-bond acceptors (Lipinski definition) is 6. The molecule has 2 aromatic rings. The topological polar surface area (TPSA) is 96.4 Å². The Morgan fingerprint density at radius 3 is 2.25 bits per heavy atom. The van der Waals surface area contributed by atoms with Crippen LogP contribution in [0.3, 0.4) is 0 Å². The third-order valence-corrected chi connectivity index (χ3v) is 8.77. The van der Waals surface area contributed by atoms with Crippen LogP contribution in [0.5, 0.6) is 5.75 Å². The molecule has 0 aliphatic carbocycles. The van der Waals surface area contributed by atoms with Crippen molar-refractivity contribution in [3.8, 4) is 5.75 Å². The summed E-state index contributed by atoms with van der Waals surface area (Å²) < 4.78 is 133. The number of carboxylic acid groups (broad SMARTS) is 1. The average molecular weight is 601 g/mol. The first-order valence-corrected chi connectivity index (χ1v) is 13.2. The Balaban J connectivity index is 1.88. The van der Waals surface area contributed by atoms with Crippen LogP contribution in [0.15, 0.2) is 41.3 Å². The van der Waals surface area contributed by atoms with E-state index in [9.17, 15) is 49.1 Å². The Labute approximate surface area is 223 Å². The molecule has 8 nitrogen and oxygen atoms in total. The van der Waals surface area contributed by atoms with Crippen molar-refractivity contribution in [1.29, 1.82) is 0 Å². The predicted molar refractivity (Wildman–Crippen MR) is 125 cm³/mol. The first-order chi connectivity index (χ1) is 18.4. The van der Waals surface area contributed by atoms with Gasteiger partial charge in [-0.25, -0.2) is 12.8 Å². The van der Waals surface area contributed by atoms with E-state index >= 15 is 0 Å². The van der Waals surface area contributed by atoms with Crippen molar-refractivity contribution in [2.45, 2.75) is 36.1 Å². The lowest BCUT2D eigenvalue weighted by Gasteiger charge is -2.37. The fourth-order valence-electron chi connectivity index (χ4n) is 4.39. The fraction of sp³-hybridized carbons (Fsp3) is 0.458. The Hall–Kier alpha value is -3.11. The number of rotatable bonds is 7. The van der Waals surface area contributed by atoms with Crippen LogP contribution in [0.25, 0.3) is 0 Å². The summed E-state index contributed by atoms with van der Waals surface area (Å²) in [6.07, 6.45) is -11.8. The lowest BCUT2D eigenvalue weighted by atomic mass is 9.87. The number of likely N-dealkylation sites (N-methyl/N-ethyl adjacent to an activating group) is 1. The van der Waals surface area contributed by atoms with Gasteiger partial charge in [0.05, 0.1) is 24.5 Å². The SMILES string of the molecule is CN1[C@@H](CCC(F)(F)F)CN(c2ccc(F)cc2)c2cc(C(F)(F)F)c(OCC3(C(=O)O)COC3)cc2S1(=O)=O. The quantitative estimate of drug-likeness (QED) is 0.456. The fourth-order valence-corrected chi connectivity index (χ4v) is 5.95. The van der Waals surface area contributed by atoms with Gasteiger partial charge in [-0.1, -0.05) is 0 Å². The maximum atomic E-state index is 14.2. The minimum atomic E-state index is -5.11. The molecule has 220 valence electrons. The van der Waals surface area contributed by atoms with Crippen LogP contribution in [0.2, 0.25) is 0 Å². The monoisotopic (exact) mass is 600 g/mol. The zero-order valence-corrected chi connectivity index (χ0v) is 21.5. The molecule has 16 heteroatoms. The van der Waals surface area contributed by atoms with Gasteiger partial charge in [-0.15, -0.1) is 0 Å². The highest BCUT2D eigenvalue weighted by Gasteiger charge is 2.48. The number of benzene rings is 2. The van der Waals surface area contributed by atoms with Crippen LogP contribution < -0.4 is 9.64 Å². The molecule has 1 fully saturated rings. The highest BCUT2D eigenvalue weighted by molar-refractivity contribution is 7.89. The molecule has 0 unspecified atom stereocenters. The minimum absolute atomic E-state index is 0.0309. The molecule has 2 aliphatic rings. The highest BCUT2D eigenvalue weighted by atomic mass is 32.2. The molecule has 2 heterocycles. The second-order valence-corrected chi connectivity index (χ2v) is 11.6. The van der Waals surface area contributed by atoms with Crippen LogP contribution in [0, 0.1) is 11.2 Å². The van der Waals surface area contributed by atoms with E-state index in [0.717, 1.165) is 36.2 Å².